The summed E-state index contributed by atoms with van der Waals surface area (Å²) < 4.78 is 32.6. The molecule has 23 heavy (non-hydrogen) atoms. The summed E-state index contributed by atoms with van der Waals surface area (Å²) in [5.41, 5.74) is 1.38. The highest BCUT2D eigenvalue weighted by molar-refractivity contribution is 6.30. The standard InChI is InChI=1S/C16H13ClF2N2O2/c1-2-10-4-3-5-13-14(10)23-16(18,19)15(22)21(13)9-12-7-6-11(17)8-20-12/h3-8H,2,9H2,1H3. The fourth-order valence-corrected chi connectivity index (χ4v) is 2.55. The molecule has 0 fully saturated rings. The third kappa shape index (κ3) is 2.86. The van der Waals surface area contributed by atoms with Gasteiger partial charge >= 0.3 is 12.0 Å². The number of aromatic nitrogens is 1. The second-order valence-electron chi connectivity index (χ2n) is 5.10. The molecule has 0 radical (unpaired) electrons. The first kappa shape index (κ1) is 15.7. The number of halogens is 3. The molecule has 7 heteroatoms. The lowest BCUT2D eigenvalue weighted by Crippen LogP contribution is -2.50. The van der Waals surface area contributed by atoms with Crippen molar-refractivity contribution in [2.75, 3.05) is 4.90 Å². The maximum absolute atomic E-state index is 14.0. The van der Waals surface area contributed by atoms with Gasteiger partial charge in [-0.05, 0) is 30.2 Å². The van der Waals surface area contributed by atoms with Crippen molar-refractivity contribution in [1.82, 2.24) is 4.98 Å². The molecule has 1 aliphatic rings. The number of nitrogens with zero attached hydrogens (tertiary/aromatic N) is 2. The Labute approximate surface area is 136 Å². The Balaban J connectivity index is 2.05. The molecule has 2 heterocycles. The van der Waals surface area contributed by atoms with Crippen molar-refractivity contribution in [2.24, 2.45) is 0 Å². The van der Waals surface area contributed by atoms with Crippen LogP contribution in [0, 0.1) is 0 Å². The van der Waals surface area contributed by atoms with Crippen molar-refractivity contribution in [2.45, 2.75) is 26.0 Å². The van der Waals surface area contributed by atoms with Crippen LogP contribution in [0.15, 0.2) is 36.5 Å². The smallest absolute Gasteiger partial charge is 0.423 e. The number of ether oxygens (including phenoxy) is 1. The normalized spacial score (nSPS) is 16.0. The minimum atomic E-state index is -3.90. The number of rotatable bonds is 3. The maximum atomic E-state index is 14.0. The van der Waals surface area contributed by atoms with Gasteiger partial charge in [0.05, 0.1) is 22.9 Å². The number of amides is 1. The molecule has 4 nitrogen and oxygen atoms in total. The van der Waals surface area contributed by atoms with Crippen molar-refractivity contribution in [3.8, 4) is 5.75 Å². The van der Waals surface area contributed by atoms with Crippen molar-refractivity contribution >= 4 is 23.2 Å². The van der Waals surface area contributed by atoms with Gasteiger partial charge in [-0.1, -0.05) is 30.7 Å². The Bertz CT molecular complexity index is 750. The number of hydrogen-bond acceptors (Lipinski definition) is 3. The average Bonchev–Trinajstić information content (AvgIpc) is 2.53. The lowest BCUT2D eigenvalue weighted by molar-refractivity contribution is -0.193. The number of carbonyl (C=O) groups excluding carboxylic acids is 1. The first-order valence-electron chi connectivity index (χ1n) is 7.03. The van der Waals surface area contributed by atoms with E-state index in [1.807, 2.05) is 6.92 Å². The Morgan fingerprint density at radius 2 is 2.09 bits per heavy atom. The van der Waals surface area contributed by atoms with E-state index in [4.69, 9.17) is 11.6 Å². The first-order valence-corrected chi connectivity index (χ1v) is 7.41. The minimum absolute atomic E-state index is 0.0357. The van der Waals surface area contributed by atoms with E-state index < -0.39 is 12.0 Å². The number of aryl methyl sites for hydroxylation is 1. The van der Waals surface area contributed by atoms with Crippen LogP contribution >= 0.6 is 11.6 Å². The van der Waals surface area contributed by atoms with Crippen LogP contribution in [0.4, 0.5) is 14.5 Å². The zero-order chi connectivity index (χ0) is 16.6. The number of benzene rings is 1. The van der Waals surface area contributed by atoms with E-state index >= 15 is 0 Å². The van der Waals surface area contributed by atoms with Crippen molar-refractivity contribution in [3.05, 3.63) is 52.8 Å². The highest BCUT2D eigenvalue weighted by Crippen LogP contribution is 2.42. The van der Waals surface area contributed by atoms with E-state index in [0.29, 0.717) is 28.4 Å². The second-order valence-corrected chi connectivity index (χ2v) is 5.53. The predicted octanol–water partition coefficient (Wildman–Crippen LogP) is 3.82. The van der Waals surface area contributed by atoms with Crippen LogP contribution in [0.2, 0.25) is 5.02 Å². The molecule has 0 atom stereocenters. The Morgan fingerprint density at radius 1 is 1.30 bits per heavy atom. The Hall–Kier alpha value is -2.21. The summed E-state index contributed by atoms with van der Waals surface area (Å²) in [6.45, 7) is 1.74. The highest BCUT2D eigenvalue weighted by atomic mass is 35.5. The van der Waals surface area contributed by atoms with Crippen LogP contribution in [0.1, 0.15) is 18.2 Å². The summed E-state index contributed by atoms with van der Waals surface area (Å²) in [6, 6.07) is 8.17. The van der Waals surface area contributed by atoms with Gasteiger partial charge in [0, 0.05) is 6.20 Å². The molecule has 2 aromatic rings. The summed E-state index contributed by atoms with van der Waals surface area (Å²) in [5, 5.41) is 0.432. The van der Waals surface area contributed by atoms with Gasteiger partial charge in [-0.2, -0.15) is 8.78 Å². The molecule has 1 aromatic carbocycles. The quantitative estimate of drug-likeness (QED) is 0.854. The van der Waals surface area contributed by atoms with E-state index in [-0.39, 0.29) is 12.3 Å². The predicted molar refractivity (Wildman–Crippen MR) is 81.8 cm³/mol. The number of hydrogen-bond donors (Lipinski definition) is 0. The molecule has 1 aromatic heterocycles. The van der Waals surface area contributed by atoms with E-state index in [0.717, 1.165) is 4.90 Å². The summed E-state index contributed by atoms with van der Waals surface area (Å²) >= 11 is 5.77. The molecule has 0 saturated heterocycles. The maximum Gasteiger partial charge on any atom is 0.483 e. The number of fused-ring (bicyclic) bond motifs is 1. The highest BCUT2D eigenvalue weighted by Gasteiger charge is 2.51. The van der Waals surface area contributed by atoms with Gasteiger partial charge in [-0.3, -0.25) is 14.7 Å². The third-order valence-corrected chi connectivity index (χ3v) is 3.80. The summed E-state index contributed by atoms with van der Waals surface area (Å²) in [5.74, 6) is -1.37. The van der Waals surface area contributed by atoms with Crippen LogP contribution in [0.25, 0.3) is 0 Å². The monoisotopic (exact) mass is 338 g/mol. The summed E-state index contributed by atoms with van der Waals surface area (Å²) in [4.78, 5) is 17.1. The SMILES string of the molecule is CCc1cccc2c1OC(F)(F)C(=O)N2Cc1ccc(Cl)cn1. The fraction of sp³-hybridized carbons (Fsp3) is 0.250. The Kier molecular flexibility index (Phi) is 3.93. The molecule has 1 aliphatic heterocycles. The van der Waals surface area contributed by atoms with Gasteiger partial charge < -0.3 is 4.74 Å². The molecular formula is C16H13ClF2N2O2. The lowest BCUT2D eigenvalue weighted by Gasteiger charge is -2.34. The molecule has 0 unspecified atom stereocenters. The molecule has 1 amide bonds. The molecular weight excluding hydrogens is 326 g/mol. The summed E-state index contributed by atoms with van der Waals surface area (Å²) in [7, 11) is 0. The molecule has 0 bridgehead atoms. The van der Waals surface area contributed by atoms with E-state index in [9.17, 15) is 13.6 Å². The van der Waals surface area contributed by atoms with Gasteiger partial charge in [0.2, 0.25) is 0 Å². The van der Waals surface area contributed by atoms with Gasteiger partial charge in [0.1, 0.15) is 0 Å². The van der Waals surface area contributed by atoms with Crippen molar-refractivity contribution < 1.29 is 18.3 Å². The van der Waals surface area contributed by atoms with Crippen molar-refractivity contribution in [3.63, 3.8) is 0 Å². The molecule has 0 aliphatic carbocycles. The van der Waals surface area contributed by atoms with Gasteiger partial charge in [0.15, 0.2) is 5.75 Å². The molecule has 0 saturated carbocycles. The van der Waals surface area contributed by atoms with Gasteiger partial charge in [-0.15, -0.1) is 0 Å². The van der Waals surface area contributed by atoms with Crippen molar-refractivity contribution in [1.29, 1.82) is 0 Å². The van der Waals surface area contributed by atoms with E-state index in [2.05, 4.69) is 9.72 Å². The van der Waals surface area contributed by atoms with E-state index in [1.54, 1.807) is 30.3 Å². The number of alkyl halides is 2. The largest absolute Gasteiger partial charge is 0.483 e. The average molecular weight is 339 g/mol. The van der Waals surface area contributed by atoms with Crippen LogP contribution < -0.4 is 9.64 Å². The molecule has 0 N–H and O–H groups in total. The third-order valence-electron chi connectivity index (χ3n) is 3.58. The topological polar surface area (TPSA) is 42.4 Å². The van der Waals surface area contributed by atoms with E-state index in [1.165, 1.54) is 6.20 Å². The van der Waals surface area contributed by atoms with Gasteiger partial charge in [0.25, 0.3) is 0 Å². The summed E-state index contributed by atoms with van der Waals surface area (Å²) in [6.07, 6.45) is -1.98. The second kappa shape index (κ2) is 5.77. The first-order chi connectivity index (χ1) is 10.9. The van der Waals surface area contributed by atoms with Crippen LogP contribution in [-0.4, -0.2) is 17.0 Å². The zero-order valence-corrected chi connectivity index (χ0v) is 13.0. The number of anilines is 1. The number of carbonyl (C=O) groups is 1. The Morgan fingerprint density at radius 3 is 2.74 bits per heavy atom. The molecule has 3 rings (SSSR count). The zero-order valence-electron chi connectivity index (χ0n) is 12.2. The molecule has 0 spiro atoms. The number of pyridine rings is 1. The number of para-hydroxylation sites is 1. The minimum Gasteiger partial charge on any atom is -0.423 e. The van der Waals surface area contributed by atoms with Crippen LogP contribution in [-0.2, 0) is 17.8 Å². The van der Waals surface area contributed by atoms with Crippen LogP contribution in [0.3, 0.4) is 0 Å². The lowest BCUT2D eigenvalue weighted by atomic mass is 10.1. The molecule has 120 valence electrons. The van der Waals surface area contributed by atoms with Crippen LogP contribution in [0.5, 0.6) is 5.75 Å². The fourth-order valence-electron chi connectivity index (χ4n) is 2.44. The van der Waals surface area contributed by atoms with Gasteiger partial charge in [-0.25, -0.2) is 0 Å².